The number of carbonyl (C=O) groups is 1. The van der Waals surface area contributed by atoms with Crippen molar-refractivity contribution in [1.29, 1.82) is 0 Å². The van der Waals surface area contributed by atoms with E-state index in [0.29, 0.717) is 17.5 Å². The van der Waals surface area contributed by atoms with Crippen molar-refractivity contribution in [1.82, 2.24) is 9.97 Å². The molecule has 7 heteroatoms. The molecule has 0 aliphatic carbocycles. The zero-order valence-electron chi connectivity index (χ0n) is 20.4. The molecule has 35 heavy (non-hydrogen) atoms. The van der Waals surface area contributed by atoms with Crippen molar-refractivity contribution in [2.45, 2.75) is 19.9 Å². The molecule has 0 aliphatic rings. The van der Waals surface area contributed by atoms with Crippen molar-refractivity contribution in [2.75, 3.05) is 34.5 Å². The van der Waals surface area contributed by atoms with Crippen molar-refractivity contribution in [3.8, 4) is 0 Å². The van der Waals surface area contributed by atoms with Gasteiger partial charge in [-0.3, -0.25) is 0 Å². The van der Waals surface area contributed by atoms with E-state index in [2.05, 4.69) is 32.7 Å². The van der Waals surface area contributed by atoms with E-state index in [1.165, 1.54) is 0 Å². The van der Waals surface area contributed by atoms with Crippen LogP contribution in [0, 0.1) is 6.92 Å². The minimum atomic E-state index is -0.311. The third-order valence-electron chi connectivity index (χ3n) is 5.61. The van der Waals surface area contributed by atoms with E-state index in [9.17, 15) is 4.79 Å². The zero-order chi connectivity index (χ0) is 24.8. The van der Waals surface area contributed by atoms with Crippen LogP contribution in [0.2, 0.25) is 0 Å². The predicted molar refractivity (Wildman–Crippen MR) is 144 cm³/mol. The molecule has 0 saturated carbocycles. The first-order valence-corrected chi connectivity index (χ1v) is 11.5. The molecule has 2 amide bonds. The van der Waals surface area contributed by atoms with Crippen molar-refractivity contribution in [3.05, 3.63) is 102 Å². The van der Waals surface area contributed by atoms with Gasteiger partial charge >= 0.3 is 6.03 Å². The van der Waals surface area contributed by atoms with Gasteiger partial charge < -0.3 is 15.5 Å². The molecule has 1 heterocycles. The molecular formula is C28H30N6O. The lowest BCUT2D eigenvalue weighted by atomic mass is 10.1. The number of nitrogens with one attached hydrogen (secondary N) is 2. The van der Waals surface area contributed by atoms with Crippen LogP contribution in [-0.2, 0) is 0 Å². The summed E-state index contributed by atoms with van der Waals surface area (Å²) in [5.41, 5.74) is 4.63. The van der Waals surface area contributed by atoms with Gasteiger partial charge in [-0.05, 0) is 61.4 Å². The number of urea groups is 1. The quantitative estimate of drug-likeness (QED) is 0.330. The van der Waals surface area contributed by atoms with Crippen molar-refractivity contribution < 1.29 is 4.79 Å². The monoisotopic (exact) mass is 466 g/mol. The Bertz CT molecular complexity index is 1270. The molecule has 0 aliphatic heterocycles. The van der Waals surface area contributed by atoms with Gasteiger partial charge in [-0.15, -0.1) is 0 Å². The maximum Gasteiger partial charge on any atom is 0.332 e. The minimum Gasteiger partial charge on any atom is -0.378 e. The van der Waals surface area contributed by atoms with Crippen LogP contribution in [0.15, 0.2) is 91.1 Å². The number of hydrogen-bond acceptors (Lipinski definition) is 5. The minimum absolute atomic E-state index is 0.000366. The van der Waals surface area contributed by atoms with E-state index in [-0.39, 0.29) is 12.1 Å². The molecule has 3 aromatic carbocycles. The normalized spacial score (nSPS) is 11.4. The van der Waals surface area contributed by atoms with Crippen LogP contribution in [-0.4, -0.2) is 30.1 Å². The molecule has 4 aromatic rings. The Morgan fingerprint density at radius 2 is 1.60 bits per heavy atom. The molecule has 0 fully saturated rings. The van der Waals surface area contributed by atoms with Crippen molar-refractivity contribution in [3.63, 3.8) is 0 Å². The third kappa shape index (κ3) is 5.95. The van der Waals surface area contributed by atoms with Gasteiger partial charge in [-0.25, -0.2) is 14.7 Å². The molecule has 178 valence electrons. The summed E-state index contributed by atoms with van der Waals surface area (Å²) in [5.74, 6) is 0.905. The van der Waals surface area contributed by atoms with Crippen LogP contribution in [0.5, 0.6) is 0 Å². The van der Waals surface area contributed by atoms with Gasteiger partial charge in [0, 0.05) is 37.7 Å². The molecule has 0 bridgehead atoms. The standard InChI is InChI=1S/C28H30N6O/c1-20-9-8-12-23(19-20)31-28(35)34(25-15-13-24(14-16-25)33(3)4)26-17-18-29-27(32-26)30-21(2)22-10-6-5-7-11-22/h5-19,21H,1-4H3,(H,31,35)(H,29,30,32)/t21-/m0/s1. The Hall–Kier alpha value is -4.39. The number of amides is 2. The topological polar surface area (TPSA) is 73.4 Å². The van der Waals surface area contributed by atoms with Crippen LogP contribution in [0.4, 0.5) is 33.6 Å². The summed E-state index contributed by atoms with van der Waals surface area (Å²) < 4.78 is 0. The fraction of sp³-hybridized carbons (Fsp3) is 0.179. The summed E-state index contributed by atoms with van der Waals surface area (Å²) >= 11 is 0. The summed E-state index contributed by atoms with van der Waals surface area (Å²) in [4.78, 5) is 26.2. The molecule has 4 rings (SSSR count). The van der Waals surface area contributed by atoms with Gasteiger partial charge in [0.1, 0.15) is 5.82 Å². The van der Waals surface area contributed by atoms with Gasteiger partial charge in [-0.1, -0.05) is 42.5 Å². The number of anilines is 5. The Balaban J connectivity index is 1.66. The van der Waals surface area contributed by atoms with E-state index in [4.69, 9.17) is 0 Å². The molecule has 0 saturated heterocycles. The molecule has 0 spiro atoms. The highest BCUT2D eigenvalue weighted by molar-refractivity contribution is 6.06. The number of rotatable bonds is 7. The molecule has 2 N–H and O–H groups in total. The Labute approximate surface area is 206 Å². The zero-order valence-corrected chi connectivity index (χ0v) is 20.4. The number of benzene rings is 3. The molecule has 1 aromatic heterocycles. The van der Waals surface area contributed by atoms with E-state index in [1.54, 1.807) is 17.2 Å². The Morgan fingerprint density at radius 3 is 2.29 bits per heavy atom. The average Bonchev–Trinajstić information content (AvgIpc) is 2.85. The number of carbonyl (C=O) groups excluding carboxylic acids is 1. The van der Waals surface area contributed by atoms with E-state index >= 15 is 0 Å². The van der Waals surface area contributed by atoms with Gasteiger partial charge in [0.25, 0.3) is 0 Å². The van der Waals surface area contributed by atoms with E-state index in [1.807, 2.05) is 99.6 Å². The van der Waals surface area contributed by atoms with Crippen molar-refractivity contribution >= 4 is 34.9 Å². The molecular weight excluding hydrogens is 436 g/mol. The Morgan fingerprint density at radius 1 is 0.886 bits per heavy atom. The maximum atomic E-state index is 13.5. The summed E-state index contributed by atoms with van der Waals surface area (Å²) in [6.07, 6.45) is 1.66. The summed E-state index contributed by atoms with van der Waals surface area (Å²) in [6, 6.07) is 27.0. The first kappa shape index (κ1) is 23.8. The highest BCUT2D eigenvalue weighted by Gasteiger charge is 2.21. The molecule has 7 nitrogen and oxygen atoms in total. The summed E-state index contributed by atoms with van der Waals surface area (Å²) in [7, 11) is 3.96. The second-order valence-electron chi connectivity index (χ2n) is 8.56. The van der Waals surface area contributed by atoms with Crippen LogP contribution in [0.3, 0.4) is 0 Å². The number of hydrogen-bond donors (Lipinski definition) is 2. The Kier molecular flexibility index (Phi) is 7.26. The van der Waals surface area contributed by atoms with Crippen LogP contribution < -0.4 is 20.4 Å². The fourth-order valence-corrected chi connectivity index (χ4v) is 3.72. The third-order valence-corrected chi connectivity index (χ3v) is 5.61. The maximum absolute atomic E-state index is 13.5. The lowest BCUT2D eigenvalue weighted by Gasteiger charge is -2.24. The van der Waals surface area contributed by atoms with Crippen LogP contribution in [0.1, 0.15) is 24.1 Å². The van der Waals surface area contributed by atoms with Gasteiger partial charge in [0.2, 0.25) is 5.95 Å². The van der Waals surface area contributed by atoms with Gasteiger partial charge in [0.15, 0.2) is 0 Å². The summed E-state index contributed by atoms with van der Waals surface area (Å²) in [6.45, 7) is 4.04. The second-order valence-corrected chi connectivity index (χ2v) is 8.56. The smallest absolute Gasteiger partial charge is 0.332 e. The fourth-order valence-electron chi connectivity index (χ4n) is 3.72. The van der Waals surface area contributed by atoms with Gasteiger partial charge in [0.05, 0.1) is 11.7 Å². The van der Waals surface area contributed by atoms with Crippen molar-refractivity contribution in [2.24, 2.45) is 0 Å². The summed E-state index contributed by atoms with van der Waals surface area (Å²) in [5, 5.41) is 6.34. The highest BCUT2D eigenvalue weighted by atomic mass is 16.2. The highest BCUT2D eigenvalue weighted by Crippen LogP contribution is 2.28. The second kappa shape index (κ2) is 10.7. The molecule has 0 unspecified atom stereocenters. The van der Waals surface area contributed by atoms with E-state index in [0.717, 1.165) is 22.5 Å². The number of aryl methyl sites for hydroxylation is 1. The lowest BCUT2D eigenvalue weighted by Crippen LogP contribution is -2.31. The SMILES string of the molecule is Cc1cccc(NC(=O)N(c2ccc(N(C)C)cc2)c2ccnc(N[C@@H](C)c3ccccc3)n2)c1. The molecule has 1 atom stereocenters. The predicted octanol–water partition coefficient (Wildman–Crippen LogP) is 6.39. The first-order chi connectivity index (χ1) is 16.9. The number of nitrogens with zero attached hydrogens (tertiary/aromatic N) is 4. The average molecular weight is 467 g/mol. The van der Waals surface area contributed by atoms with Crippen LogP contribution >= 0.6 is 0 Å². The van der Waals surface area contributed by atoms with E-state index < -0.39 is 0 Å². The first-order valence-electron chi connectivity index (χ1n) is 11.5. The lowest BCUT2D eigenvalue weighted by molar-refractivity contribution is 0.259. The molecule has 0 radical (unpaired) electrons. The number of aromatic nitrogens is 2. The van der Waals surface area contributed by atoms with Crippen LogP contribution in [0.25, 0.3) is 0 Å². The largest absolute Gasteiger partial charge is 0.378 e. The van der Waals surface area contributed by atoms with Gasteiger partial charge in [-0.2, -0.15) is 4.98 Å².